The van der Waals surface area contributed by atoms with E-state index in [1.807, 2.05) is 0 Å². The highest BCUT2D eigenvalue weighted by Gasteiger charge is 2.46. The topological polar surface area (TPSA) is 27.8 Å². The minimum absolute atomic E-state index is 0.00949. The van der Waals surface area contributed by atoms with Gasteiger partial charge in [0.05, 0.1) is 16.7 Å². The van der Waals surface area contributed by atoms with Crippen molar-refractivity contribution in [3.63, 3.8) is 0 Å². The van der Waals surface area contributed by atoms with Gasteiger partial charge in [-0.25, -0.2) is 0 Å². The van der Waals surface area contributed by atoms with E-state index in [2.05, 4.69) is 344 Å². The molecule has 0 saturated heterocycles. The number of hydrogen-bond donors (Lipinski definition) is 0. The van der Waals surface area contributed by atoms with Crippen molar-refractivity contribution in [1.82, 2.24) is 4.57 Å². The van der Waals surface area contributed by atoms with Crippen molar-refractivity contribution in [3.05, 3.63) is 234 Å². The maximum atomic E-state index is 7.23. The van der Waals surface area contributed by atoms with Crippen LogP contribution >= 0.6 is 0 Å². The highest BCUT2D eigenvalue weighted by molar-refractivity contribution is 6.94. The molecule has 2 aromatic heterocycles. The Bertz CT molecular complexity index is 4690. The molecular weight excluding hydrogens is 1090 g/mol. The molecule has 0 saturated carbocycles. The van der Waals surface area contributed by atoms with E-state index in [-0.39, 0.29) is 39.3 Å². The van der Waals surface area contributed by atoms with Gasteiger partial charge in [-0.2, -0.15) is 0 Å². The van der Waals surface area contributed by atoms with Crippen molar-refractivity contribution in [2.45, 2.75) is 157 Å². The molecule has 90 heavy (non-hydrogen) atoms. The summed E-state index contributed by atoms with van der Waals surface area (Å²) in [4.78, 5) is 7.64. The van der Waals surface area contributed by atoms with Crippen LogP contribution in [-0.4, -0.2) is 11.4 Å². The van der Waals surface area contributed by atoms with Gasteiger partial charge in [-0.05, 0) is 185 Å². The van der Waals surface area contributed by atoms with E-state index in [1.165, 1.54) is 77.4 Å². The third-order valence-electron chi connectivity index (χ3n) is 19.5. The summed E-state index contributed by atoms with van der Waals surface area (Å²) in [5.74, 6) is 0. The molecule has 0 N–H and O–H groups in total. The smallest absolute Gasteiger partial charge is 0.333 e. The first-order chi connectivity index (χ1) is 42.4. The average Bonchev–Trinajstić information content (AvgIpc) is 1.33. The molecule has 0 atom stereocenters. The van der Waals surface area contributed by atoms with E-state index >= 15 is 0 Å². The van der Waals surface area contributed by atoms with Gasteiger partial charge in [0, 0.05) is 72.6 Å². The molecule has 2 aliphatic heterocycles. The molecule has 452 valence electrons. The summed E-state index contributed by atoms with van der Waals surface area (Å²) in [5.41, 5.74) is 26.5. The minimum atomic E-state index is -0.300. The molecule has 0 unspecified atom stereocenters. The molecular formula is C84H87BN4O. The summed E-state index contributed by atoms with van der Waals surface area (Å²) in [6, 6.07) is 77.2. The Morgan fingerprint density at radius 1 is 0.322 bits per heavy atom. The molecule has 0 bridgehead atoms. The molecule has 5 nitrogen and oxygen atoms in total. The zero-order valence-electron chi connectivity index (χ0n) is 56.3. The maximum absolute atomic E-state index is 7.23. The third kappa shape index (κ3) is 9.83. The molecule has 0 amide bonds. The SMILES string of the molecule is CC(C)(C)c1ccc(N(c2ccc(C(C)(C)C)cc2)c2ccc3c(c2)N(c2cccc4c2oc2ccccc24)B2c4c-3cc(N(c3ccc(C(C)(C)C)cc3)c3ccc(C(C)(C)C)cc3)cc4-n3c4ccc(C(C)(C)C)cc4c4cc(C(C)(C)C)cc2c43)cc1. The second-order valence-corrected chi connectivity index (χ2v) is 32.0. The third-order valence-corrected chi connectivity index (χ3v) is 19.5. The number of nitrogens with zero attached hydrogens (tertiary/aromatic N) is 4. The van der Waals surface area contributed by atoms with Crippen LogP contribution in [0.5, 0.6) is 0 Å². The Labute approximate surface area is 535 Å². The van der Waals surface area contributed by atoms with Gasteiger partial charge in [0.25, 0.3) is 0 Å². The fourth-order valence-electron chi connectivity index (χ4n) is 14.2. The lowest BCUT2D eigenvalue weighted by atomic mass is 9.43. The van der Waals surface area contributed by atoms with Gasteiger partial charge in [-0.15, -0.1) is 0 Å². The number of fused-ring (bicyclic) bond motifs is 10. The zero-order chi connectivity index (χ0) is 63.5. The molecule has 0 radical (unpaired) electrons. The van der Waals surface area contributed by atoms with Crippen LogP contribution in [0, 0.1) is 0 Å². The van der Waals surface area contributed by atoms with E-state index in [9.17, 15) is 0 Å². The Hall–Kier alpha value is -8.74. The van der Waals surface area contributed by atoms with Crippen LogP contribution < -0.4 is 25.5 Å². The van der Waals surface area contributed by atoms with Crippen molar-refractivity contribution in [1.29, 1.82) is 0 Å². The summed E-state index contributed by atoms with van der Waals surface area (Å²) < 4.78 is 9.87. The summed E-state index contributed by atoms with van der Waals surface area (Å²) in [6.07, 6.45) is 0. The fraction of sp³-hybridized carbons (Fsp3) is 0.286. The lowest BCUT2D eigenvalue weighted by molar-refractivity contribution is 0.590. The standard InChI is InChI=1S/C84H87BN4O/c1-79(2,3)52-26-35-58(36-27-52)86(59-37-28-53(29-38-59)80(4,5)6)62-43-44-64-68-49-63(87(60-39-30-54(31-40-60)81(7,8)9)61-41-32-55(33-42-61)82(10,11)12)51-74-76(68)85(89(73(64)50-62)72-24-21-23-66-65-22-19-20-25-75(65)90-78(66)72)70-48-57(84(16,17)18)47-69-67-46-56(83(13,14)15)34-45-71(67)88(74)77(69)70/h19-51H,1-18H3. The van der Waals surface area contributed by atoms with Crippen molar-refractivity contribution in [2.24, 2.45) is 0 Å². The average molecular weight is 1180 g/mol. The van der Waals surface area contributed by atoms with Crippen molar-refractivity contribution < 1.29 is 4.42 Å². The van der Waals surface area contributed by atoms with Crippen LogP contribution in [0.15, 0.2) is 205 Å². The van der Waals surface area contributed by atoms with E-state index in [1.54, 1.807) is 0 Å². The van der Waals surface area contributed by atoms with Gasteiger partial charge in [0.1, 0.15) is 5.58 Å². The van der Waals surface area contributed by atoms with Crippen molar-refractivity contribution >= 4 is 107 Å². The summed E-state index contributed by atoms with van der Waals surface area (Å²) in [5, 5.41) is 4.75. The number of anilines is 8. The van der Waals surface area contributed by atoms with Gasteiger partial charge in [-0.1, -0.05) is 222 Å². The monoisotopic (exact) mass is 1180 g/mol. The Balaban J connectivity index is 1.13. The number of furan rings is 1. The molecule has 12 aromatic rings. The second kappa shape index (κ2) is 20.4. The normalized spacial score (nSPS) is 13.6. The van der Waals surface area contributed by atoms with Gasteiger partial charge in [0.15, 0.2) is 5.58 Å². The quantitative estimate of drug-likeness (QED) is 0.149. The number of hydrogen-bond acceptors (Lipinski definition) is 4. The van der Waals surface area contributed by atoms with E-state index in [4.69, 9.17) is 4.42 Å². The number of aromatic nitrogens is 1. The molecule has 6 heteroatoms. The first-order valence-electron chi connectivity index (χ1n) is 32.6. The molecule has 10 aromatic carbocycles. The molecule has 14 rings (SSSR count). The van der Waals surface area contributed by atoms with Gasteiger partial charge >= 0.3 is 6.85 Å². The highest BCUT2D eigenvalue weighted by atomic mass is 16.3. The number of benzene rings is 10. The largest absolute Gasteiger partial charge is 0.454 e. The zero-order valence-corrected chi connectivity index (χ0v) is 56.3. The van der Waals surface area contributed by atoms with E-state index in [0.29, 0.717) is 0 Å². The Kier molecular flexibility index (Phi) is 13.3. The molecule has 0 aliphatic carbocycles. The van der Waals surface area contributed by atoms with Gasteiger partial charge in [-0.3, -0.25) is 0 Å². The lowest BCUT2D eigenvalue weighted by Crippen LogP contribution is -2.61. The number of rotatable bonds is 7. The molecule has 0 fully saturated rings. The van der Waals surface area contributed by atoms with Crippen LogP contribution in [0.25, 0.3) is 60.6 Å². The summed E-state index contributed by atoms with van der Waals surface area (Å²) >= 11 is 0. The lowest BCUT2D eigenvalue weighted by Gasteiger charge is -2.43. The van der Waals surface area contributed by atoms with Crippen LogP contribution in [0.3, 0.4) is 0 Å². The predicted octanol–water partition coefficient (Wildman–Crippen LogP) is 22.6. The minimum Gasteiger partial charge on any atom is -0.454 e. The van der Waals surface area contributed by atoms with Crippen molar-refractivity contribution in [3.8, 4) is 16.8 Å². The van der Waals surface area contributed by atoms with Gasteiger partial charge < -0.3 is 23.6 Å². The summed E-state index contributed by atoms with van der Waals surface area (Å²) in [6.45, 7) is 41.4. The van der Waals surface area contributed by atoms with Crippen LogP contribution in [-0.2, 0) is 32.5 Å². The van der Waals surface area contributed by atoms with E-state index in [0.717, 1.165) is 73.0 Å². The summed E-state index contributed by atoms with van der Waals surface area (Å²) in [7, 11) is 0. The fourth-order valence-corrected chi connectivity index (χ4v) is 14.2. The van der Waals surface area contributed by atoms with Crippen LogP contribution in [0.1, 0.15) is 158 Å². The van der Waals surface area contributed by atoms with Crippen LogP contribution in [0.4, 0.5) is 45.5 Å². The molecule has 2 aliphatic rings. The van der Waals surface area contributed by atoms with Crippen LogP contribution in [0.2, 0.25) is 0 Å². The second-order valence-electron chi connectivity index (χ2n) is 32.0. The molecule has 0 spiro atoms. The van der Waals surface area contributed by atoms with E-state index < -0.39 is 0 Å². The predicted molar refractivity (Wildman–Crippen MR) is 389 cm³/mol. The first kappa shape index (κ1) is 58.9. The number of para-hydroxylation sites is 2. The molecule has 4 heterocycles. The first-order valence-corrected chi connectivity index (χ1v) is 32.6. The Morgan fingerprint density at radius 3 is 1.28 bits per heavy atom. The highest BCUT2D eigenvalue weighted by Crippen LogP contribution is 2.52. The van der Waals surface area contributed by atoms with Crippen molar-refractivity contribution in [2.75, 3.05) is 14.6 Å². The Morgan fingerprint density at radius 2 is 0.767 bits per heavy atom. The maximum Gasteiger partial charge on any atom is 0.333 e. The van der Waals surface area contributed by atoms with Gasteiger partial charge in [0.2, 0.25) is 0 Å².